The Labute approximate surface area is 118 Å². The zero-order chi connectivity index (χ0) is 13.0. The van der Waals surface area contributed by atoms with Crippen LogP contribution in [-0.2, 0) is 0 Å². The number of piperazine rings is 1. The summed E-state index contributed by atoms with van der Waals surface area (Å²) in [6.07, 6.45) is 0. The lowest BCUT2D eigenvalue weighted by atomic mass is 10.1. The van der Waals surface area contributed by atoms with Gasteiger partial charge in [0.1, 0.15) is 0 Å². The summed E-state index contributed by atoms with van der Waals surface area (Å²) in [4.78, 5) is 4.84. The van der Waals surface area contributed by atoms with Crippen molar-refractivity contribution in [2.45, 2.75) is 13.0 Å². The van der Waals surface area contributed by atoms with E-state index in [4.69, 9.17) is 5.11 Å². The van der Waals surface area contributed by atoms with Crippen LogP contribution in [0.3, 0.4) is 0 Å². The molecule has 1 aromatic rings. The van der Waals surface area contributed by atoms with Crippen molar-refractivity contribution < 1.29 is 5.11 Å². The summed E-state index contributed by atoms with van der Waals surface area (Å²) in [5.41, 5.74) is 1.37. The van der Waals surface area contributed by atoms with Crippen molar-refractivity contribution in [1.82, 2.24) is 9.80 Å². The molecule has 1 aliphatic rings. The standard InChI is InChI=1S/C14H21BrN2O/c1-12(13-2-4-14(15)5-3-13)17-8-6-16(7-9-17)10-11-18/h2-5,12,18H,6-11H2,1H3/t12-/m0/s1. The molecule has 0 saturated carbocycles. The van der Waals surface area contributed by atoms with Crippen molar-refractivity contribution in [2.75, 3.05) is 39.3 Å². The molecule has 1 atom stereocenters. The fraction of sp³-hybridized carbons (Fsp3) is 0.571. The van der Waals surface area contributed by atoms with Gasteiger partial charge in [0.15, 0.2) is 0 Å². The molecule has 100 valence electrons. The third kappa shape index (κ3) is 3.54. The van der Waals surface area contributed by atoms with Crippen LogP contribution in [0.4, 0.5) is 0 Å². The number of hydrogen-bond acceptors (Lipinski definition) is 3. The smallest absolute Gasteiger partial charge is 0.0558 e. The Kier molecular flexibility index (Phi) is 5.18. The van der Waals surface area contributed by atoms with E-state index in [0.29, 0.717) is 6.04 Å². The highest BCUT2D eigenvalue weighted by atomic mass is 79.9. The molecule has 3 nitrogen and oxygen atoms in total. The van der Waals surface area contributed by atoms with Crippen LogP contribution in [0.1, 0.15) is 18.5 Å². The van der Waals surface area contributed by atoms with Crippen molar-refractivity contribution in [3.63, 3.8) is 0 Å². The minimum absolute atomic E-state index is 0.266. The largest absolute Gasteiger partial charge is 0.395 e. The molecule has 2 rings (SSSR count). The molecule has 0 radical (unpaired) electrons. The van der Waals surface area contributed by atoms with Gasteiger partial charge >= 0.3 is 0 Å². The van der Waals surface area contributed by atoms with E-state index in [9.17, 15) is 0 Å². The van der Waals surface area contributed by atoms with Crippen LogP contribution < -0.4 is 0 Å². The number of rotatable bonds is 4. The summed E-state index contributed by atoms with van der Waals surface area (Å²) in [5.74, 6) is 0. The topological polar surface area (TPSA) is 26.7 Å². The van der Waals surface area contributed by atoms with Gasteiger partial charge in [-0.05, 0) is 24.6 Å². The first-order valence-electron chi connectivity index (χ1n) is 6.53. The third-order valence-corrected chi connectivity index (χ3v) is 4.25. The number of hydrogen-bond donors (Lipinski definition) is 1. The van der Waals surface area contributed by atoms with E-state index in [1.165, 1.54) is 5.56 Å². The summed E-state index contributed by atoms with van der Waals surface area (Å²) in [6.45, 7) is 7.62. The lowest BCUT2D eigenvalue weighted by Gasteiger charge is -2.38. The second kappa shape index (κ2) is 6.66. The Balaban J connectivity index is 1.91. The predicted octanol–water partition coefficient (Wildman–Crippen LogP) is 2.12. The molecule has 4 heteroatoms. The molecule has 1 N–H and O–H groups in total. The maximum Gasteiger partial charge on any atom is 0.0558 e. The van der Waals surface area contributed by atoms with Crippen LogP contribution in [0, 0.1) is 0 Å². The van der Waals surface area contributed by atoms with Gasteiger partial charge in [-0.3, -0.25) is 9.80 Å². The maximum absolute atomic E-state index is 8.94. The van der Waals surface area contributed by atoms with Crippen molar-refractivity contribution >= 4 is 15.9 Å². The predicted molar refractivity (Wildman–Crippen MR) is 77.7 cm³/mol. The van der Waals surface area contributed by atoms with E-state index < -0.39 is 0 Å². The molecular weight excluding hydrogens is 292 g/mol. The summed E-state index contributed by atoms with van der Waals surface area (Å²) >= 11 is 3.47. The first kappa shape index (κ1) is 14.0. The van der Waals surface area contributed by atoms with Crippen LogP contribution in [0.25, 0.3) is 0 Å². The highest BCUT2D eigenvalue weighted by molar-refractivity contribution is 9.10. The van der Waals surface area contributed by atoms with Crippen molar-refractivity contribution in [2.24, 2.45) is 0 Å². The van der Waals surface area contributed by atoms with E-state index in [-0.39, 0.29) is 6.61 Å². The molecule has 1 fully saturated rings. The summed E-state index contributed by atoms with van der Waals surface area (Å²) in [5, 5.41) is 8.94. The molecule has 0 spiro atoms. The zero-order valence-corrected chi connectivity index (χ0v) is 12.4. The number of nitrogens with zero attached hydrogens (tertiary/aromatic N) is 2. The second-order valence-corrected chi connectivity index (χ2v) is 5.74. The van der Waals surface area contributed by atoms with E-state index in [0.717, 1.165) is 37.2 Å². The Hall–Kier alpha value is -0.420. The number of aliphatic hydroxyl groups is 1. The Morgan fingerprint density at radius 1 is 1.17 bits per heavy atom. The van der Waals surface area contributed by atoms with E-state index in [1.807, 2.05) is 0 Å². The first-order chi connectivity index (χ1) is 8.70. The average Bonchev–Trinajstić information content (AvgIpc) is 2.40. The van der Waals surface area contributed by atoms with E-state index in [1.54, 1.807) is 0 Å². The highest BCUT2D eigenvalue weighted by Gasteiger charge is 2.21. The van der Waals surface area contributed by atoms with E-state index >= 15 is 0 Å². The van der Waals surface area contributed by atoms with Crippen LogP contribution in [0.2, 0.25) is 0 Å². The summed E-state index contributed by atoms with van der Waals surface area (Å²) < 4.78 is 1.13. The van der Waals surface area contributed by atoms with Gasteiger partial charge < -0.3 is 5.11 Å². The fourth-order valence-corrected chi connectivity index (χ4v) is 2.73. The normalized spacial score (nSPS) is 19.9. The third-order valence-electron chi connectivity index (χ3n) is 3.72. The zero-order valence-electron chi connectivity index (χ0n) is 10.8. The monoisotopic (exact) mass is 312 g/mol. The Morgan fingerprint density at radius 3 is 2.33 bits per heavy atom. The van der Waals surface area contributed by atoms with Crippen LogP contribution in [0.5, 0.6) is 0 Å². The van der Waals surface area contributed by atoms with Crippen molar-refractivity contribution in [3.8, 4) is 0 Å². The quantitative estimate of drug-likeness (QED) is 0.922. The van der Waals surface area contributed by atoms with Crippen molar-refractivity contribution in [1.29, 1.82) is 0 Å². The molecule has 0 amide bonds. The Bertz CT molecular complexity index is 361. The van der Waals surface area contributed by atoms with E-state index in [2.05, 4.69) is 56.9 Å². The van der Waals surface area contributed by atoms with Gasteiger partial charge in [-0.1, -0.05) is 28.1 Å². The molecule has 0 bridgehead atoms. The molecule has 1 aliphatic heterocycles. The molecule has 18 heavy (non-hydrogen) atoms. The number of halogens is 1. The SMILES string of the molecule is C[C@@H](c1ccc(Br)cc1)N1CCN(CCO)CC1. The lowest BCUT2D eigenvalue weighted by molar-refractivity contribution is 0.0888. The molecule has 0 aromatic heterocycles. The molecular formula is C14H21BrN2O. The summed E-state index contributed by atoms with van der Waals surface area (Å²) in [6, 6.07) is 9.06. The van der Waals surface area contributed by atoms with Gasteiger partial charge in [0.25, 0.3) is 0 Å². The first-order valence-corrected chi connectivity index (χ1v) is 7.32. The second-order valence-electron chi connectivity index (χ2n) is 4.83. The highest BCUT2D eigenvalue weighted by Crippen LogP contribution is 2.23. The lowest BCUT2D eigenvalue weighted by Crippen LogP contribution is -2.47. The van der Waals surface area contributed by atoms with Gasteiger partial charge in [0.2, 0.25) is 0 Å². The van der Waals surface area contributed by atoms with Gasteiger partial charge in [-0.15, -0.1) is 0 Å². The maximum atomic E-state index is 8.94. The Morgan fingerprint density at radius 2 is 1.78 bits per heavy atom. The molecule has 1 saturated heterocycles. The number of benzene rings is 1. The molecule has 1 heterocycles. The minimum atomic E-state index is 0.266. The number of aliphatic hydroxyl groups excluding tert-OH is 1. The molecule has 0 aliphatic carbocycles. The van der Waals surface area contributed by atoms with Crippen LogP contribution >= 0.6 is 15.9 Å². The van der Waals surface area contributed by atoms with Gasteiger partial charge in [0.05, 0.1) is 6.61 Å². The van der Waals surface area contributed by atoms with Gasteiger partial charge in [-0.25, -0.2) is 0 Å². The fourth-order valence-electron chi connectivity index (χ4n) is 2.47. The average molecular weight is 313 g/mol. The molecule has 0 unspecified atom stereocenters. The van der Waals surface area contributed by atoms with Crippen LogP contribution in [-0.4, -0.2) is 54.2 Å². The number of β-amino-alcohol motifs (C(OH)–C–C–N with tert-alkyl or cyclic N) is 1. The van der Waals surface area contributed by atoms with Gasteiger partial charge in [0, 0.05) is 43.2 Å². The molecule has 1 aromatic carbocycles. The van der Waals surface area contributed by atoms with Crippen molar-refractivity contribution in [3.05, 3.63) is 34.3 Å². The summed E-state index contributed by atoms with van der Waals surface area (Å²) in [7, 11) is 0. The van der Waals surface area contributed by atoms with Gasteiger partial charge in [-0.2, -0.15) is 0 Å². The van der Waals surface area contributed by atoms with Crippen LogP contribution in [0.15, 0.2) is 28.7 Å². The minimum Gasteiger partial charge on any atom is -0.395 e.